The third-order valence-electron chi connectivity index (χ3n) is 2.66. The van der Waals surface area contributed by atoms with Crippen LogP contribution in [0.25, 0.3) is 0 Å². The molecule has 1 rings (SSSR count). The van der Waals surface area contributed by atoms with Crippen molar-refractivity contribution in [1.82, 2.24) is 15.1 Å². The van der Waals surface area contributed by atoms with E-state index in [1.54, 1.807) is 14.2 Å². The molecule has 0 radical (unpaired) electrons. The lowest BCUT2D eigenvalue weighted by molar-refractivity contribution is -0.131. The first kappa shape index (κ1) is 12.4. The number of hydrogen-bond donors (Lipinski definition) is 1. The zero-order chi connectivity index (χ0) is 11.1. The van der Waals surface area contributed by atoms with Crippen molar-refractivity contribution < 1.29 is 9.53 Å². The van der Waals surface area contributed by atoms with Crippen LogP contribution in [0.1, 0.15) is 0 Å². The maximum atomic E-state index is 11.5. The Morgan fingerprint density at radius 2 is 2.00 bits per heavy atom. The molecule has 0 aromatic heterocycles. The summed E-state index contributed by atoms with van der Waals surface area (Å²) < 4.78 is 5.03. The summed E-state index contributed by atoms with van der Waals surface area (Å²) in [4.78, 5) is 15.8. The lowest BCUT2D eigenvalue weighted by Gasteiger charge is -2.34. The van der Waals surface area contributed by atoms with Gasteiger partial charge in [0.1, 0.15) is 0 Å². The summed E-state index contributed by atoms with van der Waals surface area (Å²) >= 11 is 0. The first-order chi connectivity index (χ1) is 7.27. The van der Waals surface area contributed by atoms with Crippen LogP contribution in [-0.4, -0.2) is 75.7 Å². The minimum absolute atomic E-state index is 0.198. The molecule has 0 bridgehead atoms. The molecule has 5 heteroatoms. The van der Waals surface area contributed by atoms with Gasteiger partial charge in [0.05, 0.1) is 13.2 Å². The number of amides is 1. The van der Waals surface area contributed by atoms with Crippen molar-refractivity contribution in [2.24, 2.45) is 0 Å². The molecule has 0 aromatic carbocycles. The van der Waals surface area contributed by atoms with E-state index in [2.05, 4.69) is 10.2 Å². The van der Waals surface area contributed by atoms with E-state index in [4.69, 9.17) is 4.74 Å². The van der Waals surface area contributed by atoms with Crippen molar-refractivity contribution in [3.8, 4) is 0 Å². The number of methoxy groups -OCH3 is 1. The Kier molecular flexibility index (Phi) is 5.60. The molecule has 15 heavy (non-hydrogen) atoms. The largest absolute Gasteiger partial charge is 0.383 e. The van der Waals surface area contributed by atoms with Gasteiger partial charge in [0, 0.05) is 39.8 Å². The standard InChI is InChI=1S/C10H21N3O2/c1-11-9-10(14)13-5-3-12(4-6-13)7-8-15-2/h11H,3-9H2,1-2H3. The summed E-state index contributed by atoms with van der Waals surface area (Å²) in [7, 11) is 3.51. The van der Waals surface area contributed by atoms with Gasteiger partial charge in [-0.1, -0.05) is 0 Å². The highest BCUT2D eigenvalue weighted by Gasteiger charge is 2.19. The van der Waals surface area contributed by atoms with Gasteiger partial charge in [-0.05, 0) is 7.05 Å². The van der Waals surface area contributed by atoms with E-state index in [1.807, 2.05) is 4.90 Å². The smallest absolute Gasteiger partial charge is 0.236 e. The molecule has 1 heterocycles. The van der Waals surface area contributed by atoms with Gasteiger partial charge < -0.3 is 15.0 Å². The first-order valence-corrected chi connectivity index (χ1v) is 5.41. The monoisotopic (exact) mass is 215 g/mol. The van der Waals surface area contributed by atoms with Crippen LogP contribution >= 0.6 is 0 Å². The summed E-state index contributed by atoms with van der Waals surface area (Å²) in [6.45, 7) is 5.76. The molecule has 0 spiro atoms. The van der Waals surface area contributed by atoms with E-state index < -0.39 is 0 Å². The highest BCUT2D eigenvalue weighted by atomic mass is 16.5. The van der Waals surface area contributed by atoms with Crippen molar-refractivity contribution in [2.75, 3.05) is 60.0 Å². The van der Waals surface area contributed by atoms with Crippen molar-refractivity contribution in [1.29, 1.82) is 0 Å². The van der Waals surface area contributed by atoms with E-state index in [0.717, 1.165) is 39.3 Å². The molecule has 1 aliphatic rings. The number of nitrogens with one attached hydrogen (secondary N) is 1. The highest BCUT2D eigenvalue weighted by molar-refractivity contribution is 5.78. The number of likely N-dealkylation sites (N-methyl/N-ethyl adjacent to an activating group) is 1. The summed E-state index contributed by atoms with van der Waals surface area (Å²) in [5.74, 6) is 0.198. The molecule has 1 saturated heterocycles. The lowest BCUT2D eigenvalue weighted by atomic mass is 10.3. The number of hydrogen-bond acceptors (Lipinski definition) is 4. The van der Waals surface area contributed by atoms with E-state index in [0.29, 0.717) is 6.54 Å². The predicted molar refractivity (Wildman–Crippen MR) is 58.8 cm³/mol. The Morgan fingerprint density at radius 1 is 1.33 bits per heavy atom. The number of rotatable bonds is 5. The summed E-state index contributed by atoms with van der Waals surface area (Å²) in [6.07, 6.45) is 0. The van der Waals surface area contributed by atoms with Gasteiger partial charge in [-0.2, -0.15) is 0 Å². The quantitative estimate of drug-likeness (QED) is 0.639. The van der Waals surface area contributed by atoms with Gasteiger partial charge in [0.25, 0.3) is 0 Å². The first-order valence-electron chi connectivity index (χ1n) is 5.41. The molecule has 0 aliphatic carbocycles. The maximum absolute atomic E-state index is 11.5. The molecule has 1 amide bonds. The van der Waals surface area contributed by atoms with Gasteiger partial charge in [-0.15, -0.1) is 0 Å². The zero-order valence-corrected chi connectivity index (χ0v) is 9.66. The van der Waals surface area contributed by atoms with Crippen molar-refractivity contribution in [2.45, 2.75) is 0 Å². The summed E-state index contributed by atoms with van der Waals surface area (Å²) in [5, 5.41) is 2.89. The minimum atomic E-state index is 0.198. The average Bonchev–Trinajstić information content (AvgIpc) is 2.27. The SMILES string of the molecule is CNCC(=O)N1CCN(CCOC)CC1. The fourth-order valence-electron chi connectivity index (χ4n) is 1.70. The Bertz CT molecular complexity index is 191. The topological polar surface area (TPSA) is 44.8 Å². The molecule has 1 fully saturated rings. The minimum Gasteiger partial charge on any atom is -0.383 e. The van der Waals surface area contributed by atoms with Crippen LogP contribution < -0.4 is 5.32 Å². The van der Waals surface area contributed by atoms with Gasteiger partial charge in [-0.25, -0.2) is 0 Å². The molecule has 1 aliphatic heterocycles. The van der Waals surface area contributed by atoms with E-state index in [-0.39, 0.29) is 5.91 Å². The number of piperazine rings is 1. The van der Waals surface area contributed by atoms with Crippen LogP contribution in [0.4, 0.5) is 0 Å². The van der Waals surface area contributed by atoms with E-state index >= 15 is 0 Å². The van der Waals surface area contributed by atoms with Crippen LogP contribution in [0.5, 0.6) is 0 Å². The fraction of sp³-hybridized carbons (Fsp3) is 0.900. The molecule has 5 nitrogen and oxygen atoms in total. The van der Waals surface area contributed by atoms with Crippen molar-refractivity contribution >= 4 is 5.91 Å². The highest BCUT2D eigenvalue weighted by Crippen LogP contribution is 2.01. The van der Waals surface area contributed by atoms with Crippen LogP contribution in [-0.2, 0) is 9.53 Å². The third kappa shape index (κ3) is 4.15. The van der Waals surface area contributed by atoms with E-state index in [1.165, 1.54) is 0 Å². The average molecular weight is 215 g/mol. The third-order valence-corrected chi connectivity index (χ3v) is 2.66. The Hall–Kier alpha value is -0.650. The Morgan fingerprint density at radius 3 is 2.53 bits per heavy atom. The molecule has 88 valence electrons. The number of nitrogens with zero attached hydrogens (tertiary/aromatic N) is 2. The van der Waals surface area contributed by atoms with Crippen LogP contribution in [0.2, 0.25) is 0 Å². The van der Waals surface area contributed by atoms with Gasteiger partial charge in [0.2, 0.25) is 5.91 Å². The van der Waals surface area contributed by atoms with Crippen molar-refractivity contribution in [3.05, 3.63) is 0 Å². The number of carbonyl (C=O) groups is 1. The summed E-state index contributed by atoms with van der Waals surface area (Å²) in [6, 6.07) is 0. The van der Waals surface area contributed by atoms with Gasteiger partial charge >= 0.3 is 0 Å². The van der Waals surface area contributed by atoms with E-state index in [9.17, 15) is 4.79 Å². The Balaban J connectivity index is 2.20. The molecule has 1 N–H and O–H groups in total. The zero-order valence-electron chi connectivity index (χ0n) is 9.66. The molecular weight excluding hydrogens is 194 g/mol. The molecule has 0 unspecified atom stereocenters. The maximum Gasteiger partial charge on any atom is 0.236 e. The molecule has 0 aromatic rings. The summed E-state index contributed by atoms with van der Waals surface area (Å²) in [5.41, 5.74) is 0. The second-order valence-electron chi connectivity index (χ2n) is 3.75. The van der Waals surface area contributed by atoms with Crippen LogP contribution in [0.15, 0.2) is 0 Å². The van der Waals surface area contributed by atoms with Crippen LogP contribution in [0, 0.1) is 0 Å². The Labute approximate surface area is 91.4 Å². The van der Waals surface area contributed by atoms with Crippen molar-refractivity contribution in [3.63, 3.8) is 0 Å². The molecule has 0 atom stereocenters. The van der Waals surface area contributed by atoms with Crippen LogP contribution in [0.3, 0.4) is 0 Å². The number of ether oxygens (including phenoxy) is 1. The second kappa shape index (κ2) is 6.76. The van der Waals surface area contributed by atoms with Gasteiger partial charge in [-0.3, -0.25) is 9.69 Å². The number of carbonyl (C=O) groups excluding carboxylic acids is 1. The second-order valence-corrected chi connectivity index (χ2v) is 3.75. The molecular formula is C10H21N3O2. The normalized spacial score (nSPS) is 18.1. The lowest BCUT2D eigenvalue weighted by Crippen LogP contribution is -2.51. The van der Waals surface area contributed by atoms with Gasteiger partial charge in [0.15, 0.2) is 0 Å². The predicted octanol–water partition coefficient (Wildman–Crippen LogP) is -1.00. The molecule has 0 saturated carbocycles. The fourth-order valence-corrected chi connectivity index (χ4v) is 1.70.